The summed E-state index contributed by atoms with van der Waals surface area (Å²) in [5, 5.41) is 9.05. The van der Waals surface area contributed by atoms with Crippen molar-refractivity contribution in [3.63, 3.8) is 0 Å². The molecule has 0 heterocycles. The first kappa shape index (κ1) is 12.7. The molecule has 0 bridgehead atoms. The Labute approximate surface area is 96.1 Å². The van der Waals surface area contributed by atoms with Crippen LogP contribution in [0.15, 0.2) is 24.3 Å². The van der Waals surface area contributed by atoms with Gasteiger partial charge in [-0.2, -0.15) is 0 Å². The van der Waals surface area contributed by atoms with Crippen LogP contribution in [0.5, 0.6) is 0 Å². The largest absolute Gasteiger partial charge is 0.478 e. The molecule has 0 aliphatic carbocycles. The number of aromatic carboxylic acids is 1. The van der Waals surface area contributed by atoms with Crippen LogP contribution in [0.4, 0.5) is 0 Å². The van der Waals surface area contributed by atoms with E-state index in [0.717, 1.165) is 5.56 Å². The first-order chi connectivity index (χ1) is 7.56. The van der Waals surface area contributed by atoms with Crippen molar-refractivity contribution < 1.29 is 14.6 Å². The van der Waals surface area contributed by atoms with Crippen molar-refractivity contribution in [2.75, 3.05) is 7.11 Å². The summed E-state index contributed by atoms with van der Waals surface area (Å²) in [4.78, 5) is 11.0. The van der Waals surface area contributed by atoms with Crippen LogP contribution in [0.1, 0.15) is 29.8 Å². The van der Waals surface area contributed by atoms with Gasteiger partial charge in [0.2, 0.25) is 0 Å². The molecule has 3 heteroatoms. The van der Waals surface area contributed by atoms with Gasteiger partial charge in [0.15, 0.2) is 0 Å². The molecule has 1 unspecified atom stereocenters. The highest BCUT2D eigenvalue weighted by atomic mass is 16.5. The van der Waals surface area contributed by atoms with Gasteiger partial charge in [0.05, 0.1) is 11.7 Å². The Morgan fingerprint density at radius 3 is 2.50 bits per heavy atom. The summed E-state index contributed by atoms with van der Waals surface area (Å²) < 4.78 is 5.36. The molecule has 1 rings (SSSR count). The third-order valence-corrected chi connectivity index (χ3v) is 2.72. The minimum atomic E-state index is -0.880. The van der Waals surface area contributed by atoms with Crippen LogP contribution in [-0.2, 0) is 11.2 Å². The minimum absolute atomic E-state index is 0.0560. The minimum Gasteiger partial charge on any atom is -0.478 e. The maximum atomic E-state index is 11.0. The number of hydrogen-bond acceptors (Lipinski definition) is 2. The van der Waals surface area contributed by atoms with Gasteiger partial charge in [0.25, 0.3) is 0 Å². The third-order valence-electron chi connectivity index (χ3n) is 2.72. The number of methoxy groups -OCH3 is 1. The highest BCUT2D eigenvalue weighted by molar-refractivity contribution is 5.89. The lowest BCUT2D eigenvalue weighted by Crippen LogP contribution is -2.22. The predicted octanol–water partition coefficient (Wildman–Crippen LogP) is 2.60. The zero-order valence-electron chi connectivity index (χ0n) is 9.93. The van der Waals surface area contributed by atoms with E-state index in [0.29, 0.717) is 17.9 Å². The van der Waals surface area contributed by atoms with Crippen LogP contribution in [0.2, 0.25) is 0 Å². The van der Waals surface area contributed by atoms with Crippen molar-refractivity contribution >= 4 is 5.97 Å². The third kappa shape index (κ3) is 3.07. The van der Waals surface area contributed by atoms with Crippen molar-refractivity contribution in [2.24, 2.45) is 5.92 Å². The molecule has 3 nitrogen and oxygen atoms in total. The highest BCUT2D eigenvalue weighted by Crippen LogP contribution is 2.16. The Morgan fingerprint density at radius 1 is 1.38 bits per heavy atom. The molecule has 16 heavy (non-hydrogen) atoms. The Balaban J connectivity index is 2.91. The van der Waals surface area contributed by atoms with Gasteiger partial charge in [0, 0.05) is 7.11 Å². The molecule has 0 aromatic heterocycles. The van der Waals surface area contributed by atoms with E-state index in [-0.39, 0.29) is 6.10 Å². The van der Waals surface area contributed by atoms with E-state index in [1.54, 1.807) is 19.2 Å². The van der Waals surface area contributed by atoms with Gasteiger partial charge < -0.3 is 9.84 Å². The van der Waals surface area contributed by atoms with E-state index >= 15 is 0 Å². The molecule has 0 spiro atoms. The Bertz CT molecular complexity index is 358. The molecule has 0 saturated heterocycles. The van der Waals surface area contributed by atoms with Crippen LogP contribution in [0, 0.1) is 5.92 Å². The van der Waals surface area contributed by atoms with Crippen LogP contribution in [-0.4, -0.2) is 24.3 Å². The Morgan fingerprint density at radius 2 is 2.00 bits per heavy atom. The average molecular weight is 222 g/mol. The molecule has 0 saturated carbocycles. The van der Waals surface area contributed by atoms with Crippen LogP contribution in [0.3, 0.4) is 0 Å². The number of ether oxygens (including phenoxy) is 1. The molecule has 0 aliphatic rings. The molecule has 0 aliphatic heterocycles. The lowest BCUT2D eigenvalue weighted by atomic mass is 9.96. The SMILES string of the molecule is COC(Cc1ccccc1C(=O)O)C(C)C. The van der Waals surface area contributed by atoms with E-state index in [2.05, 4.69) is 13.8 Å². The molecule has 1 atom stereocenters. The van der Waals surface area contributed by atoms with Crippen molar-refractivity contribution in [3.8, 4) is 0 Å². The molecule has 1 aromatic rings. The average Bonchev–Trinajstić information content (AvgIpc) is 2.25. The second kappa shape index (κ2) is 5.66. The van der Waals surface area contributed by atoms with Gasteiger partial charge in [-0.15, -0.1) is 0 Å². The summed E-state index contributed by atoms with van der Waals surface area (Å²) in [5.74, 6) is -0.513. The fraction of sp³-hybridized carbons (Fsp3) is 0.462. The Hall–Kier alpha value is -1.35. The fourth-order valence-corrected chi connectivity index (χ4v) is 1.71. The summed E-state index contributed by atoms with van der Waals surface area (Å²) in [6.07, 6.45) is 0.692. The van der Waals surface area contributed by atoms with Gasteiger partial charge in [-0.05, 0) is 24.0 Å². The first-order valence-electron chi connectivity index (χ1n) is 5.40. The standard InChI is InChI=1S/C13H18O3/c1-9(2)12(16-3)8-10-6-4-5-7-11(10)13(14)15/h4-7,9,12H,8H2,1-3H3,(H,14,15). The molecule has 1 aromatic carbocycles. The van der Waals surface area contributed by atoms with E-state index in [4.69, 9.17) is 9.84 Å². The summed E-state index contributed by atoms with van der Waals surface area (Å²) in [5.41, 5.74) is 1.20. The molecular weight excluding hydrogens is 204 g/mol. The molecular formula is C13H18O3. The van der Waals surface area contributed by atoms with Crippen molar-refractivity contribution in [1.82, 2.24) is 0 Å². The molecule has 88 valence electrons. The second-order valence-electron chi connectivity index (χ2n) is 4.18. The number of carbonyl (C=O) groups is 1. The van der Waals surface area contributed by atoms with Crippen molar-refractivity contribution in [3.05, 3.63) is 35.4 Å². The van der Waals surface area contributed by atoms with Crippen LogP contribution < -0.4 is 0 Å². The first-order valence-corrected chi connectivity index (χ1v) is 5.40. The maximum Gasteiger partial charge on any atom is 0.335 e. The number of carboxylic acid groups (broad SMARTS) is 1. The molecule has 0 fully saturated rings. The molecule has 0 amide bonds. The highest BCUT2D eigenvalue weighted by Gasteiger charge is 2.17. The fourth-order valence-electron chi connectivity index (χ4n) is 1.71. The lowest BCUT2D eigenvalue weighted by molar-refractivity contribution is 0.0633. The summed E-state index contributed by atoms with van der Waals surface area (Å²) >= 11 is 0. The van der Waals surface area contributed by atoms with Gasteiger partial charge in [-0.25, -0.2) is 4.79 Å². The number of hydrogen-bond donors (Lipinski definition) is 1. The molecule has 0 radical (unpaired) electrons. The monoisotopic (exact) mass is 222 g/mol. The smallest absolute Gasteiger partial charge is 0.335 e. The number of rotatable bonds is 5. The van der Waals surface area contributed by atoms with Gasteiger partial charge >= 0.3 is 5.97 Å². The lowest BCUT2D eigenvalue weighted by Gasteiger charge is -2.20. The number of carboxylic acids is 1. The Kier molecular flexibility index (Phi) is 4.50. The van der Waals surface area contributed by atoms with Gasteiger partial charge in [-0.3, -0.25) is 0 Å². The predicted molar refractivity (Wildman–Crippen MR) is 62.7 cm³/mol. The number of benzene rings is 1. The van der Waals surface area contributed by atoms with Crippen LogP contribution in [0.25, 0.3) is 0 Å². The van der Waals surface area contributed by atoms with Gasteiger partial charge in [0.1, 0.15) is 0 Å². The van der Waals surface area contributed by atoms with E-state index in [1.165, 1.54) is 0 Å². The topological polar surface area (TPSA) is 46.5 Å². The second-order valence-corrected chi connectivity index (χ2v) is 4.18. The summed E-state index contributed by atoms with van der Waals surface area (Å²) in [6.45, 7) is 4.13. The summed E-state index contributed by atoms with van der Waals surface area (Å²) in [6, 6.07) is 7.07. The zero-order chi connectivity index (χ0) is 12.1. The zero-order valence-corrected chi connectivity index (χ0v) is 9.93. The quantitative estimate of drug-likeness (QED) is 0.833. The van der Waals surface area contributed by atoms with E-state index in [9.17, 15) is 4.79 Å². The normalized spacial score (nSPS) is 12.8. The maximum absolute atomic E-state index is 11.0. The molecule has 1 N–H and O–H groups in total. The van der Waals surface area contributed by atoms with Crippen molar-refractivity contribution in [2.45, 2.75) is 26.4 Å². The van der Waals surface area contributed by atoms with Gasteiger partial charge in [-0.1, -0.05) is 32.0 Å². The summed E-state index contributed by atoms with van der Waals surface area (Å²) in [7, 11) is 1.66. The van der Waals surface area contributed by atoms with E-state index < -0.39 is 5.97 Å². The van der Waals surface area contributed by atoms with E-state index in [1.807, 2.05) is 12.1 Å². The van der Waals surface area contributed by atoms with Crippen molar-refractivity contribution in [1.29, 1.82) is 0 Å². The van der Waals surface area contributed by atoms with Crippen LogP contribution >= 0.6 is 0 Å².